The van der Waals surface area contributed by atoms with E-state index in [1.807, 2.05) is 31.2 Å². The maximum atomic E-state index is 12.5. The molecular formula is C17H24N4O3S. The molecule has 0 atom stereocenters. The number of amides is 1. The van der Waals surface area contributed by atoms with Crippen LogP contribution in [0, 0.1) is 13.8 Å². The molecule has 1 heterocycles. The van der Waals surface area contributed by atoms with E-state index in [1.54, 1.807) is 18.7 Å². The highest BCUT2D eigenvalue weighted by Gasteiger charge is 2.22. The molecule has 2 aromatic rings. The van der Waals surface area contributed by atoms with Crippen LogP contribution in [-0.4, -0.2) is 37.6 Å². The third-order valence-electron chi connectivity index (χ3n) is 4.00. The summed E-state index contributed by atoms with van der Waals surface area (Å²) in [5.41, 5.74) is 2.77. The minimum Gasteiger partial charge on any atom is -0.311 e. The van der Waals surface area contributed by atoms with E-state index in [-0.39, 0.29) is 23.9 Å². The number of anilines is 1. The standard InChI is InChI=1S/C17H24N4O3S/c1-5-15-8-6-7-9-16(15)21(14(4)22)11-10-18-25(23,24)17-12(2)19-20-13(17)3/h6-9,18H,5,10-11H2,1-4H3,(H,19,20). The summed E-state index contributed by atoms with van der Waals surface area (Å²) in [6.45, 7) is 7.16. The number of rotatable bonds is 7. The van der Waals surface area contributed by atoms with Crippen LogP contribution in [0.1, 0.15) is 30.8 Å². The van der Waals surface area contributed by atoms with Crippen LogP contribution >= 0.6 is 0 Å². The second-order valence-electron chi connectivity index (χ2n) is 5.81. The molecule has 2 N–H and O–H groups in total. The van der Waals surface area contributed by atoms with Crippen molar-refractivity contribution in [3.8, 4) is 0 Å². The molecule has 2 rings (SSSR count). The number of H-pyrrole nitrogens is 1. The van der Waals surface area contributed by atoms with Gasteiger partial charge in [-0.25, -0.2) is 13.1 Å². The molecule has 0 spiro atoms. The smallest absolute Gasteiger partial charge is 0.244 e. The zero-order valence-corrected chi connectivity index (χ0v) is 15.8. The molecule has 0 unspecified atom stereocenters. The Kier molecular flexibility index (Phi) is 5.97. The Balaban J connectivity index is 2.14. The van der Waals surface area contributed by atoms with Crippen molar-refractivity contribution in [2.75, 3.05) is 18.0 Å². The summed E-state index contributed by atoms with van der Waals surface area (Å²) in [5, 5.41) is 6.58. The van der Waals surface area contributed by atoms with E-state index in [0.29, 0.717) is 11.4 Å². The van der Waals surface area contributed by atoms with Crippen LogP contribution < -0.4 is 9.62 Å². The first kappa shape index (κ1) is 19.1. The summed E-state index contributed by atoms with van der Waals surface area (Å²) in [6.07, 6.45) is 0.791. The minimum atomic E-state index is -3.68. The molecule has 1 aromatic carbocycles. The van der Waals surface area contributed by atoms with E-state index in [0.717, 1.165) is 17.7 Å². The number of nitrogens with zero attached hydrogens (tertiary/aromatic N) is 2. The molecule has 0 fully saturated rings. The molecule has 7 nitrogen and oxygen atoms in total. The number of carbonyl (C=O) groups is 1. The fourth-order valence-corrected chi connectivity index (χ4v) is 4.21. The van der Waals surface area contributed by atoms with Gasteiger partial charge in [-0.05, 0) is 31.9 Å². The number of hydrogen-bond acceptors (Lipinski definition) is 4. The third kappa shape index (κ3) is 4.26. The second kappa shape index (κ2) is 7.79. The van der Waals surface area contributed by atoms with E-state index in [4.69, 9.17) is 0 Å². The van der Waals surface area contributed by atoms with Crippen LogP contribution in [0.2, 0.25) is 0 Å². The zero-order chi connectivity index (χ0) is 18.6. The van der Waals surface area contributed by atoms with Crippen molar-refractivity contribution in [2.45, 2.75) is 39.0 Å². The predicted molar refractivity (Wildman–Crippen MR) is 97.1 cm³/mol. The Hall–Kier alpha value is -2.19. The van der Waals surface area contributed by atoms with Gasteiger partial charge in [0.1, 0.15) is 4.90 Å². The van der Waals surface area contributed by atoms with Crippen LogP contribution in [0.4, 0.5) is 5.69 Å². The Bertz CT molecular complexity index is 839. The predicted octanol–water partition coefficient (Wildman–Crippen LogP) is 1.92. The van der Waals surface area contributed by atoms with Gasteiger partial charge in [0.25, 0.3) is 0 Å². The minimum absolute atomic E-state index is 0.115. The first-order valence-electron chi connectivity index (χ1n) is 8.15. The van der Waals surface area contributed by atoms with E-state index in [9.17, 15) is 13.2 Å². The average molecular weight is 364 g/mol. The molecule has 8 heteroatoms. The van der Waals surface area contributed by atoms with Gasteiger partial charge in [0, 0.05) is 25.7 Å². The van der Waals surface area contributed by atoms with Crippen molar-refractivity contribution in [3.63, 3.8) is 0 Å². The molecule has 0 aliphatic heterocycles. The van der Waals surface area contributed by atoms with Crippen LogP contribution in [0.5, 0.6) is 0 Å². The number of aromatic amines is 1. The Labute approximate surface area is 148 Å². The second-order valence-corrected chi connectivity index (χ2v) is 7.52. The van der Waals surface area contributed by atoms with Gasteiger partial charge in [-0.1, -0.05) is 25.1 Å². The number of hydrogen-bond donors (Lipinski definition) is 2. The van der Waals surface area contributed by atoms with E-state index in [2.05, 4.69) is 14.9 Å². The first-order chi connectivity index (χ1) is 11.8. The van der Waals surface area contributed by atoms with Crippen molar-refractivity contribution in [3.05, 3.63) is 41.2 Å². The lowest BCUT2D eigenvalue weighted by atomic mass is 10.1. The summed E-state index contributed by atoms with van der Waals surface area (Å²) in [5.74, 6) is -0.129. The summed E-state index contributed by atoms with van der Waals surface area (Å²) in [7, 11) is -3.68. The molecule has 136 valence electrons. The van der Waals surface area contributed by atoms with Crippen molar-refractivity contribution in [1.82, 2.24) is 14.9 Å². The fourth-order valence-electron chi connectivity index (χ4n) is 2.82. The Morgan fingerprint density at radius 2 is 1.96 bits per heavy atom. The fraction of sp³-hybridized carbons (Fsp3) is 0.412. The first-order valence-corrected chi connectivity index (χ1v) is 9.63. The van der Waals surface area contributed by atoms with Gasteiger partial charge in [-0.15, -0.1) is 0 Å². The molecular weight excluding hydrogens is 340 g/mol. The molecule has 1 aromatic heterocycles. The van der Waals surface area contributed by atoms with Crippen molar-refractivity contribution in [1.29, 1.82) is 0 Å². The largest absolute Gasteiger partial charge is 0.311 e. The Morgan fingerprint density at radius 1 is 1.28 bits per heavy atom. The van der Waals surface area contributed by atoms with Gasteiger partial charge >= 0.3 is 0 Å². The monoisotopic (exact) mass is 364 g/mol. The summed E-state index contributed by atoms with van der Waals surface area (Å²) in [4.78, 5) is 13.8. The van der Waals surface area contributed by atoms with Gasteiger partial charge in [-0.2, -0.15) is 5.10 Å². The number of benzene rings is 1. The molecule has 0 bridgehead atoms. The van der Waals surface area contributed by atoms with Gasteiger partial charge in [0.05, 0.1) is 11.4 Å². The molecule has 25 heavy (non-hydrogen) atoms. The highest BCUT2D eigenvalue weighted by atomic mass is 32.2. The highest BCUT2D eigenvalue weighted by molar-refractivity contribution is 7.89. The van der Waals surface area contributed by atoms with E-state index < -0.39 is 10.0 Å². The topological polar surface area (TPSA) is 95.2 Å². The molecule has 1 amide bonds. The number of aromatic nitrogens is 2. The number of aryl methyl sites for hydroxylation is 3. The van der Waals surface area contributed by atoms with Gasteiger partial charge in [0.2, 0.25) is 15.9 Å². The molecule has 0 aliphatic rings. The van der Waals surface area contributed by atoms with E-state index in [1.165, 1.54) is 6.92 Å². The number of sulfonamides is 1. The van der Waals surface area contributed by atoms with Crippen molar-refractivity contribution in [2.24, 2.45) is 0 Å². The SMILES string of the molecule is CCc1ccccc1N(CCNS(=O)(=O)c1c(C)n[nH]c1C)C(C)=O. The highest BCUT2D eigenvalue weighted by Crippen LogP contribution is 2.21. The maximum Gasteiger partial charge on any atom is 0.244 e. The lowest BCUT2D eigenvalue weighted by Gasteiger charge is -2.24. The van der Waals surface area contributed by atoms with Crippen LogP contribution in [-0.2, 0) is 21.2 Å². The lowest BCUT2D eigenvalue weighted by molar-refractivity contribution is -0.116. The van der Waals surface area contributed by atoms with Crippen LogP contribution in [0.25, 0.3) is 0 Å². The molecule has 0 aliphatic carbocycles. The van der Waals surface area contributed by atoms with E-state index >= 15 is 0 Å². The van der Waals surface area contributed by atoms with Crippen molar-refractivity contribution < 1.29 is 13.2 Å². The Morgan fingerprint density at radius 3 is 2.52 bits per heavy atom. The quantitative estimate of drug-likeness (QED) is 0.785. The maximum absolute atomic E-state index is 12.5. The average Bonchev–Trinajstić information content (AvgIpc) is 2.90. The normalized spacial score (nSPS) is 11.5. The van der Waals surface area contributed by atoms with Crippen LogP contribution in [0.15, 0.2) is 29.2 Å². The summed E-state index contributed by atoms with van der Waals surface area (Å²) >= 11 is 0. The van der Waals surface area contributed by atoms with Crippen LogP contribution in [0.3, 0.4) is 0 Å². The van der Waals surface area contributed by atoms with Gasteiger partial charge in [-0.3, -0.25) is 9.89 Å². The number of nitrogens with one attached hydrogen (secondary N) is 2. The number of carbonyl (C=O) groups excluding carboxylic acids is 1. The molecule has 0 saturated heterocycles. The van der Waals surface area contributed by atoms with Crippen molar-refractivity contribution >= 4 is 21.6 Å². The molecule has 0 radical (unpaired) electrons. The lowest BCUT2D eigenvalue weighted by Crippen LogP contribution is -2.38. The summed E-state index contributed by atoms with van der Waals surface area (Å²) in [6, 6.07) is 7.63. The number of para-hydroxylation sites is 1. The van der Waals surface area contributed by atoms with Gasteiger partial charge < -0.3 is 4.90 Å². The molecule has 0 saturated carbocycles. The summed E-state index contributed by atoms with van der Waals surface area (Å²) < 4.78 is 27.5. The van der Waals surface area contributed by atoms with Gasteiger partial charge in [0.15, 0.2) is 0 Å². The zero-order valence-electron chi connectivity index (χ0n) is 15.0. The third-order valence-corrected chi connectivity index (χ3v) is 5.72.